The average molecular weight is 268 g/mol. The lowest BCUT2D eigenvalue weighted by Crippen LogP contribution is -2.40. The summed E-state index contributed by atoms with van der Waals surface area (Å²) in [6.45, 7) is 2.86. The zero-order chi connectivity index (χ0) is 13.0. The first-order valence-corrected chi connectivity index (χ1v) is 7.20. The van der Waals surface area contributed by atoms with Crippen molar-refractivity contribution in [2.75, 3.05) is 6.54 Å². The lowest BCUT2D eigenvalue weighted by atomic mass is 9.76. The summed E-state index contributed by atoms with van der Waals surface area (Å²) in [5.41, 5.74) is 1.40. The molecule has 1 saturated carbocycles. The molecule has 1 atom stereocenters. The quantitative estimate of drug-likeness (QED) is 0.775. The third-order valence-electron chi connectivity index (χ3n) is 3.71. The Morgan fingerprint density at radius 2 is 2.00 bits per heavy atom. The normalized spacial score (nSPS) is 24.6. The highest BCUT2D eigenvalue weighted by atomic mass is 35.5. The average Bonchev–Trinajstić information content (AvgIpc) is 2.28. The van der Waals surface area contributed by atoms with Crippen molar-refractivity contribution < 1.29 is 5.11 Å². The fourth-order valence-corrected chi connectivity index (χ4v) is 2.62. The Morgan fingerprint density at radius 3 is 2.61 bits per heavy atom. The van der Waals surface area contributed by atoms with E-state index in [2.05, 4.69) is 17.4 Å². The second kappa shape index (κ2) is 6.55. The molecule has 18 heavy (non-hydrogen) atoms. The molecule has 0 heterocycles. The van der Waals surface area contributed by atoms with Gasteiger partial charge in [0.15, 0.2) is 0 Å². The molecule has 0 aromatic heterocycles. The highest BCUT2D eigenvalue weighted by Crippen LogP contribution is 2.37. The summed E-state index contributed by atoms with van der Waals surface area (Å²) < 4.78 is 0. The van der Waals surface area contributed by atoms with Crippen LogP contribution in [0.5, 0.6) is 0 Å². The summed E-state index contributed by atoms with van der Waals surface area (Å²) in [5.74, 6) is 0.691. The van der Waals surface area contributed by atoms with Crippen LogP contribution < -0.4 is 5.32 Å². The minimum Gasteiger partial charge on any atom is -0.393 e. The van der Waals surface area contributed by atoms with Gasteiger partial charge in [0.05, 0.1) is 6.10 Å². The van der Waals surface area contributed by atoms with Crippen molar-refractivity contribution in [1.82, 2.24) is 5.32 Å². The van der Waals surface area contributed by atoms with Gasteiger partial charge in [0.1, 0.15) is 0 Å². The Labute approximate surface area is 114 Å². The van der Waals surface area contributed by atoms with Gasteiger partial charge in [0.2, 0.25) is 0 Å². The zero-order valence-corrected chi connectivity index (χ0v) is 11.7. The maximum Gasteiger partial charge on any atom is 0.0512 e. The maximum absolute atomic E-state index is 9.16. The Hall–Kier alpha value is -0.570. The van der Waals surface area contributed by atoms with Gasteiger partial charge in [0.25, 0.3) is 0 Å². The molecule has 0 spiro atoms. The molecule has 1 aliphatic rings. The highest BCUT2D eigenvalue weighted by Gasteiger charge is 2.29. The smallest absolute Gasteiger partial charge is 0.0512 e. The van der Waals surface area contributed by atoms with Crippen molar-refractivity contribution in [2.24, 2.45) is 0 Å². The molecule has 2 nitrogen and oxygen atoms in total. The monoisotopic (exact) mass is 267 g/mol. The topological polar surface area (TPSA) is 32.3 Å². The largest absolute Gasteiger partial charge is 0.393 e. The summed E-state index contributed by atoms with van der Waals surface area (Å²) in [7, 11) is 0. The SMILES string of the molecule is CC(O)CCCNC1CC(c2ccc(Cl)cc2)C1. The van der Waals surface area contributed by atoms with Crippen LogP contribution in [0.4, 0.5) is 0 Å². The van der Waals surface area contributed by atoms with E-state index >= 15 is 0 Å². The van der Waals surface area contributed by atoms with E-state index in [0.717, 1.165) is 24.4 Å². The Kier molecular flexibility index (Phi) is 5.04. The van der Waals surface area contributed by atoms with E-state index in [1.807, 2.05) is 19.1 Å². The molecule has 100 valence electrons. The van der Waals surface area contributed by atoms with Crippen molar-refractivity contribution in [3.63, 3.8) is 0 Å². The van der Waals surface area contributed by atoms with Crippen molar-refractivity contribution in [2.45, 2.75) is 50.7 Å². The van der Waals surface area contributed by atoms with E-state index in [1.54, 1.807) is 0 Å². The summed E-state index contributed by atoms with van der Waals surface area (Å²) in [5, 5.41) is 13.5. The minimum atomic E-state index is -0.171. The highest BCUT2D eigenvalue weighted by molar-refractivity contribution is 6.30. The number of benzene rings is 1. The molecule has 2 rings (SSSR count). The van der Waals surface area contributed by atoms with Crippen molar-refractivity contribution in [3.8, 4) is 0 Å². The minimum absolute atomic E-state index is 0.171. The molecule has 1 fully saturated rings. The first kappa shape index (κ1) is 13.9. The number of aliphatic hydroxyl groups is 1. The van der Waals surface area contributed by atoms with Crippen LogP contribution >= 0.6 is 11.6 Å². The number of hydrogen-bond donors (Lipinski definition) is 2. The van der Waals surface area contributed by atoms with Gasteiger partial charge >= 0.3 is 0 Å². The van der Waals surface area contributed by atoms with E-state index in [4.69, 9.17) is 16.7 Å². The van der Waals surface area contributed by atoms with Crippen LogP contribution in [0.1, 0.15) is 44.1 Å². The molecule has 1 aromatic rings. The van der Waals surface area contributed by atoms with E-state index in [9.17, 15) is 0 Å². The first-order valence-electron chi connectivity index (χ1n) is 6.82. The molecule has 0 saturated heterocycles. The van der Waals surface area contributed by atoms with Crippen LogP contribution in [0.25, 0.3) is 0 Å². The Bertz CT molecular complexity index is 357. The van der Waals surface area contributed by atoms with Gasteiger partial charge in [-0.3, -0.25) is 0 Å². The molecule has 1 aliphatic carbocycles. The molecular formula is C15H22ClNO. The molecule has 1 unspecified atom stereocenters. The van der Waals surface area contributed by atoms with Gasteiger partial charge in [-0.2, -0.15) is 0 Å². The van der Waals surface area contributed by atoms with Gasteiger partial charge in [-0.15, -0.1) is 0 Å². The van der Waals surface area contributed by atoms with E-state index < -0.39 is 0 Å². The molecule has 2 N–H and O–H groups in total. The molecule has 0 amide bonds. The standard InChI is InChI=1S/C15H22ClNO/c1-11(18)3-2-8-17-15-9-13(10-15)12-4-6-14(16)7-5-12/h4-7,11,13,15,17-18H,2-3,8-10H2,1H3. The van der Waals surface area contributed by atoms with Crippen LogP contribution in [0.2, 0.25) is 5.02 Å². The fourth-order valence-electron chi connectivity index (χ4n) is 2.50. The molecular weight excluding hydrogens is 246 g/mol. The molecule has 0 bridgehead atoms. The number of nitrogens with one attached hydrogen (secondary N) is 1. The van der Waals surface area contributed by atoms with Crippen LogP contribution in [0.15, 0.2) is 24.3 Å². The van der Waals surface area contributed by atoms with Gasteiger partial charge in [-0.25, -0.2) is 0 Å². The summed E-state index contributed by atoms with van der Waals surface area (Å²) in [6.07, 6.45) is 4.21. The number of hydrogen-bond acceptors (Lipinski definition) is 2. The summed E-state index contributed by atoms with van der Waals surface area (Å²) in [4.78, 5) is 0. The number of aliphatic hydroxyl groups excluding tert-OH is 1. The Morgan fingerprint density at radius 1 is 1.33 bits per heavy atom. The van der Waals surface area contributed by atoms with Crippen LogP contribution in [0, 0.1) is 0 Å². The number of rotatable bonds is 6. The molecule has 0 aliphatic heterocycles. The fraction of sp³-hybridized carbons (Fsp3) is 0.600. The summed E-state index contributed by atoms with van der Waals surface area (Å²) >= 11 is 5.88. The predicted molar refractivity (Wildman–Crippen MR) is 76.1 cm³/mol. The van der Waals surface area contributed by atoms with Gasteiger partial charge in [-0.05, 0) is 62.8 Å². The lowest BCUT2D eigenvalue weighted by Gasteiger charge is -2.36. The first-order chi connectivity index (χ1) is 8.65. The second-order valence-electron chi connectivity index (χ2n) is 5.36. The third-order valence-corrected chi connectivity index (χ3v) is 3.96. The van der Waals surface area contributed by atoms with Gasteiger partial charge < -0.3 is 10.4 Å². The lowest BCUT2D eigenvalue weighted by molar-refractivity contribution is 0.179. The Balaban J connectivity index is 1.63. The van der Waals surface area contributed by atoms with Crippen LogP contribution in [0.3, 0.4) is 0 Å². The van der Waals surface area contributed by atoms with E-state index in [-0.39, 0.29) is 6.10 Å². The van der Waals surface area contributed by atoms with Crippen molar-refractivity contribution >= 4 is 11.6 Å². The molecule has 1 aromatic carbocycles. The van der Waals surface area contributed by atoms with Gasteiger partial charge in [-0.1, -0.05) is 23.7 Å². The predicted octanol–water partition coefficient (Wildman–Crippen LogP) is 3.34. The van der Waals surface area contributed by atoms with Crippen LogP contribution in [-0.2, 0) is 0 Å². The molecule has 3 heteroatoms. The van der Waals surface area contributed by atoms with E-state index in [0.29, 0.717) is 12.0 Å². The van der Waals surface area contributed by atoms with E-state index in [1.165, 1.54) is 18.4 Å². The maximum atomic E-state index is 9.16. The summed E-state index contributed by atoms with van der Waals surface area (Å²) in [6, 6.07) is 8.87. The second-order valence-corrected chi connectivity index (χ2v) is 5.80. The van der Waals surface area contributed by atoms with Gasteiger partial charge in [0, 0.05) is 11.1 Å². The van der Waals surface area contributed by atoms with Crippen LogP contribution in [-0.4, -0.2) is 23.8 Å². The zero-order valence-electron chi connectivity index (χ0n) is 10.9. The number of halogens is 1. The van der Waals surface area contributed by atoms with Crippen molar-refractivity contribution in [3.05, 3.63) is 34.9 Å². The third kappa shape index (κ3) is 3.98. The van der Waals surface area contributed by atoms with Crippen molar-refractivity contribution in [1.29, 1.82) is 0 Å². The molecule has 0 radical (unpaired) electrons.